The van der Waals surface area contributed by atoms with Gasteiger partial charge in [-0.3, -0.25) is 4.79 Å². The highest BCUT2D eigenvalue weighted by Gasteiger charge is 2.10. The van der Waals surface area contributed by atoms with Gasteiger partial charge in [-0.2, -0.15) is 0 Å². The van der Waals surface area contributed by atoms with Gasteiger partial charge in [-0.15, -0.1) is 0 Å². The Morgan fingerprint density at radius 3 is 2.31 bits per heavy atom. The summed E-state index contributed by atoms with van der Waals surface area (Å²) < 4.78 is 2.03. The Morgan fingerprint density at radius 1 is 0.931 bits per heavy atom. The van der Waals surface area contributed by atoms with Crippen LogP contribution in [-0.2, 0) is 19.3 Å². The zero-order valence-corrected chi connectivity index (χ0v) is 16.9. The molecule has 2 heterocycles. The Bertz CT molecular complexity index is 1130. The molecule has 0 unspecified atom stereocenters. The van der Waals surface area contributed by atoms with Gasteiger partial charge in [0.05, 0.1) is 11.4 Å². The quantitative estimate of drug-likeness (QED) is 0.495. The molecule has 2 aromatic heterocycles. The number of nitrogens with one attached hydrogen (secondary N) is 1. The lowest BCUT2D eigenvalue weighted by molar-refractivity contribution is 0.102. The number of hydrogen-bond donors (Lipinski definition) is 1. The van der Waals surface area contributed by atoms with Crippen LogP contribution in [0.25, 0.3) is 5.65 Å². The fourth-order valence-electron chi connectivity index (χ4n) is 3.58. The molecule has 0 spiro atoms. The molecule has 0 saturated heterocycles. The van der Waals surface area contributed by atoms with Crippen molar-refractivity contribution in [2.45, 2.75) is 33.1 Å². The second-order valence-corrected chi connectivity index (χ2v) is 7.28. The van der Waals surface area contributed by atoms with E-state index >= 15 is 0 Å². The average molecular weight is 383 g/mol. The van der Waals surface area contributed by atoms with Crippen molar-refractivity contribution in [1.82, 2.24) is 9.38 Å². The number of fused-ring (bicyclic) bond motifs is 1. The van der Waals surface area contributed by atoms with Crippen LogP contribution in [0.5, 0.6) is 0 Å². The number of amides is 1. The van der Waals surface area contributed by atoms with Crippen molar-refractivity contribution in [1.29, 1.82) is 0 Å². The topological polar surface area (TPSA) is 46.4 Å². The van der Waals surface area contributed by atoms with Crippen molar-refractivity contribution in [3.8, 4) is 0 Å². The molecule has 0 aliphatic heterocycles. The zero-order chi connectivity index (χ0) is 20.2. The van der Waals surface area contributed by atoms with Gasteiger partial charge in [0.1, 0.15) is 5.65 Å². The predicted octanol–water partition coefficient (Wildman–Crippen LogP) is 5.24. The minimum absolute atomic E-state index is 0.104. The molecule has 4 rings (SSSR count). The standard InChI is InChI=1S/C25H25N3O/c1-3-23-18(2)28-17-22(15-16-24(28)27-23)26-25(29)21-13-11-20(12-14-21)10-9-19-7-5-4-6-8-19/h4-8,11-17H,3,9-10H2,1-2H3,(H,26,29). The molecule has 1 amide bonds. The van der Waals surface area contributed by atoms with Gasteiger partial charge in [0.2, 0.25) is 0 Å². The predicted molar refractivity (Wildman–Crippen MR) is 118 cm³/mol. The Kier molecular flexibility index (Phi) is 5.43. The lowest BCUT2D eigenvalue weighted by atomic mass is 10.0. The molecule has 0 aliphatic carbocycles. The maximum atomic E-state index is 12.7. The summed E-state index contributed by atoms with van der Waals surface area (Å²) >= 11 is 0. The molecule has 4 heteroatoms. The first-order chi connectivity index (χ1) is 14.1. The number of carbonyl (C=O) groups excluding carboxylic acids is 1. The molecule has 0 bridgehead atoms. The van der Waals surface area contributed by atoms with Gasteiger partial charge < -0.3 is 9.72 Å². The maximum Gasteiger partial charge on any atom is 0.255 e. The van der Waals surface area contributed by atoms with Crippen LogP contribution < -0.4 is 5.32 Å². The number of imidazole rings is 1. The zero-order valence-electron chi connectivity index (χ0n) is 16.9. The van der Waals surface area contributed by atoms with Crippen LogP contribution in [0.3, 0.4) is 0 Å². The van der Waals surface area contributed by atoms with Crippen LogP contribution in [0.2, 0.25) is 0 Å². The van der Waals surface area contributed by atoms with E-state index in [0.717, 1.165) is 42.0 Å². The Labute approximate surface area is 171 Å². The minimum Gasteiger partial charge on any atom is -0.321 e. The number of anilines is 1. The molecule has 29 heavy (non-hydrogen) atoms. The first kappa shape index (κ1) is 18.9. The lowest BCUT2D eigenvalue weighted by Gasteiger charge is -2.08. The van der Waals surface area contributed by atoms with Gasteiger partial charge in [0, 0.05) is 17.5 Å². The summed E-state index contributed by atoms with van der Waals surface area (Å²) in [6.07, 6.45) is 4.79. The van der Waals surface area contributed by atoms with Crippen LogP contribution in [-0.4, -0.2) is 15.3 Å². The van der Waals surface area contributed by atoms with Crippen LogP contribution >= 0.6 is 0 Å². The van der Waals surface area contributed by atoms with E-state index in [-0.39, 0.29) is 5.91 Å². The molecular weight excluding hydrogens is 358 g/mol. The van der Waals surface area contributed by atoms with Gasteiger partial charge in [0.15, 0.2) is 0 Å². The van der Waals surface area contributed by atoms with E-state index < -0.39 is 0 Å². The third kappa shape index (κ3) is 4.21. The highest BCUT2D eigenvalue weighted by Crippen LogP contribution is 2.17. The second kappa shape index (κ2) is 8.31. The van der Waals surface area contributed by atoms with Gasteiger partial charge in [-0.25, -0.2) is 4.98 Å². The number of carbonyl (C=O) groups is 1. The third-order valence-electron chi connectivity index (χ3n) is 5.31. The summed E-state index contributed by atoms with van der Waals surface area (Å²) in [6, 6.07) is 22.1. The first-order valence-corrected chi connectivity index (χ1v) is 10.1. The Morgan fingerprint density at radius 2 is 1.62 bits per heavy atom. The van der Waals surface area contributed by atoms with E-state index in [1.165, 1.54) is 11.1 Å². The minimum atomic E-state index is -0.104. The van der Waals surface area contributed by atoms with Crippen LogP contribution in [0.4, 0.5) is 5.69 Å². The highest BCUT2D eigenvalue weighted by atomic mass is 16.1. The average Bonchev–Trinajstić information content (AvgIpc) is 3.08. The number of pyridine rings is 1. The molecule has 0 radical (unpaired) electrons. The van der Waals surface area contributed by atoms with Crippen molar-refractivity contribution in [2.75, 3.05) is 5.32 Å². The largest absolute Gasteiger partial charge is 0.321 e. The summed E-state index contributed by atoms with van der Waals surface area (Å²) in [4.78, 5) is 17.3. The third-order valence-corrected chi connectivity index (χ3v) is 5.31. The van der Waals surface area contributed by atoms with Crippen molar-refractivity contribution < 1.29 is 4.79 Å². The molecule has 0 saturated carbocycles. The van der Waals surface area contributed by atoms with E-state index in [9.17, 15) is 4.79 Å². The van der Waals surface area contributed by atoms with E-state index in [4.69, 9.17) is 0 Å². The van der Waals surface area contributed by atoms with Crippen molar-refractivity contribution in [3.63, 3.8) is 0 Å². The van der Waals surface area contributed by atoms with E-state index in [1.807, 2.05) is 53.1 Å². The summed E-state index contributed by atoms with van der Waals surface area (Å²) in [5.41, 5.74) is 7.07. The Balaban J connectivity index is 1.43. The summed E-state index contributed by atoms with van der Waals surface area (Å²) in [7, 11) is 0. The molecule has 4 nitrogen and oxygen atoms in total. The number of aromatic nitrogens is 2. The first-order valence-electron chi connectivity index (χ1n) is 10.1. The van der Waals surface area contributed by atoms with E-state index in [1.54, 1.807) is 0 Å². The van der Waals surface area contributed by atoms with Gasteiger partial charge in [-0.1, -0.05) is 49.4 Å². The number of hydrogen-bond acceptors (Lipinski definition) is 2. The smallest absolute Gasteiger partial charge is 0.255 e. The van der Waals surface area contributed by atoms with Crippen molar-refractivity contribution in [2.24, 2.45) is 0 Å². The maximum absolute atomic E-state index is 12.7. The molecule has 0 fully saturated rings. The number of nitrogens with zero attached hydrogens (tertiary/aromatic N) is 2. The molecular formula is C25H25N3O. The Hall–Kier alpha value is -3.40. The van der Waals surface area contributed by atoms with Crippen LogP contribution in [0, 0.1) is 6.92 Å². The fraction of sp³-hybridized carbons (Fsp3) is 0.200. The molecule has 0 aliphatic rings. The molecule has 0 atom stereocenters. The van der Waals surface area contributed by atoms with Gasteiger partial charge >= 0.3 is 0 Å². The normalized spacial score (nSPS) is 11.0. The van der Waals surface area contributed by atoms with Crippen molar-refractivity contribution >= 4 is 17.2 Å². The number of benzene rings is 2. The van der Waals surface area contributed by atoms with Gasteiger partial charge in [-0.05, 0) is 61.6 Å². The monoisotopic (exact) mass is 383 g/mol. The summed E-state index contributed by atoms with van der Waals surface area (Å²) in [6.45, 7) is 4.15. The second-order valence-electron chi connectivity index (χ2n) is 7.28. The molecule has 2 aromatic carbocycles. The fourth-order valence-corrected chi connectivity index (χ4v) is 3.58. The number of aryl methyl sites for hydroxylation is 4. The molecule has 146 valence electrons. The molecule has 4 aromatic rings. The lowest BCUT2D eigenvalue weighted by Crippen LogP contribution is -2.12. The van der Waals surface area contributed by atoms with Gasteiger partial charge in [0.25, 0.3) is 5.91 Å². The van der Waals surface area contributed by atoms with E-state index in [2.05, 4.69) is 48.4 Å². The van der Waals surface area contributed by atoms with Crippen molar-refractivity contribution in [3.05, 3.63) is 101 Å². The number of rotatable bonds is 6. The summed E-state index contributed by atoms with van der Waals surface area (Å²) in [5.74, 6) is -0.104. The highest BCUT2D eigenvalue weighted by molar-refractivity contribution is 6.04. The SMILES string of the molecule is CCc1nc2ccc(NC(=O)c3ccc(CCc4ccccc4)cc3)cn2c1C. The summed E-state index contributed by atoms with van der Waals surface area (Å²) in [5, 5.41) is 2.99. The van der Waals surface area contributed by atoms with E-state index in [0.29, 0.717) is 5.56 Å². The van der Waals surface area contributed by atoms with Crippen LogP contribution in [0.15, 0.2) is 72.9 Å². The molecule has 1 N–H and O–H groups in total. The van der Waals surface area contributed by atoms with Crippen LogP contribution in [0.1, 0.15) is 39.8 Å².